The van der Waals surface area contributed by atoms with Crippen molar-refractivity contribution >= 4 is 28.9 Å². The normalized spacial score (nSPS) is 15.9. The van der Waals surface area contributed by atoms with Gasteiger partial charge in [-0.3, -0.25) is 4.79 Å². The first-order valence-corrected chi connectivity index (χ1v) is 12.2. The standard InChI is InChI=1S/C25H35F2N5O4/c1-7-32(23(33)15(2)3)16-8-10-31(14-16)21-22(35-11-9-28-24(34)36-25(4,5)6)30-20-13-18(27)17(26)12-19(20)29-21/h12-13,15-16H,7-11,14H2,1-6H3,(H,28,34)/t16-/m0/s1. The van der Waals surface area contributed by atoms with Gasteiger partial charge < -0.3 is 24.6 Å². The van der Waals surface area contributed by atoms with E-state index in [1.165, 1.54) is 0 Å². The number of hydrogen-bond donors (Lipinski definition) is 1. The van der Waals surface area contributed by atoms with E-state index in [0.717, 1.165) is 18.6 Å². The predicted octanol–water partition coefficient (Wildman–Crippen LogP) is 3.89. The zero-order chi connectivity index (χ0) is 26.6. The number of carbonyl (C=O) groups excluding carboxylic acids is 2. The average molecular weight is 508 g/mol. The van der Waals surface area contributed by atoms with Crippen molar-refractivity contribution in [3.8, 4) is 5.88 Å². The van der Waals surface area contributed by atoms with Crippen molar-refractivity contribution in [3.05, 3.63) is 23.8 Å². The van der Waals surface area contributed by atoms with E-state index < -0.39 is 23.3 Å². The highest BCUT2D eigenvalue weighted by atomic mass is 19.2. The highest BCUT2D eigenvalue weighted by Gasteiger charge is 2.33. The van der Waals surface area contributed by atoms with E-state index in [-0.39, 0.29) is 47.9 Å². The van der Waals surface area contributed by atoms with E-state index in [1.54, 1.807) is 20.8 Å². The molecule has 1 fully saturated rings. The Morgan fingerprint density at radius 1 is 1.19 bits per heavy atom. The van der Waals surface area contributed by atoms with Gasteiger partial charge in [-0.2, -0.15) is 0 Å². The predicted molar refractivity (Wildman–Crippen MR) is 132 cm³/mol. The topological polar surface area (TPSA) is 96.9 Å². The molecule has 198 valence electrons. The Labute approximate surface area is 210 Å². The largest absolute Gasteiger partial charge is 0.473 e. The van der Waals surface area contributed by atoms with E-state index in [0.29, 0.717) is 25.5 Å². The molecule has 1 aromatic carbocycles. The van der Waals surface area contributed by atoms with Gasteiger partial charge in [0.2, 0.25) is 5.91 Å². The Hall–Kier alpha value is -3.24. The van der Waals surface area contributed by atoms with Gasteiger partial charge >= 0.3 is 6.09 Å². The number of anilines is 1. The lowest BCUT2D eigenvalue weighted by atomic mass is 10.1. The molecule has 1 aliphatic rings. The molecule has 1 aliphatic heterocycles. The summed E-state index contributed by atoms with van der Waals surface area (Å²) in [6, 6.07) is 1.96. The molecule has 1 saturated heterocycles. The van der Waals surface area contributed by atoms with Gasteiger partial charge in [-0.25, -0.2) is 23.5 Å². The van der Waals surface area contributed by atoms with Gasteiger partial charge in [0.1, 0.15) is 12.2 Å². The summed E-state index contributed by atoms with van der Waals surface area (Å²) in [4.78, 5) is 37.3. The van der Waals surface area contributed by atoms with Crippen LogP contribution in [0.5, 0.6) is 5.88 Å². The molecule has 9 nitrogen and oxygen atoms in total. The summed E-state index contributed by atoms with van der Waals surface area (Å²) in [6.07, 6.45) is 0.147. The monoisotopic (exact) mass is 507 g/mol. The third-order valence-electron chi connectivity index (χ3n) is 5.69. The average Bonchev–Trinajstić information content (AvgIpc) is 3.26. The second-order valence-corrected chi connectivity index (χ2v) is 10.1. The van der Waals surface area contributed by atoms with Gasteiger partial charge in [0, 0.05) is 37.7 Å². The van der Waals surface area contributed by atoms with Crippen molar-refractivity contribution < 1.29 is 27.8 Å². The van der Waals surface area contributed by atoms with Crippen molar-refractivity contribution in [2.45, 2.75) is 59.6 Å². The molecule has 0 aliphatic carbocycles. The van der Waals surface area contributed by atoms with Crippen LogP contribution >= 0.6 is 0 Å². The smallest absolute Gasteiger partial charge is 0.407 e. The van der Waals surface area contributed by atoms with Crippen LogP contribution in [0.25, 0.3) is 11.0 Å². The summed E-state index contributed by atoms with van der Waals surface area (Å²) in [5.74, 6) is -1.57. The van der Waals surface area contributed by atoms with E-state index >= 15 is 0 Å². The number of nitrogens with zero attached hydrogens (tertiary/aromatic N) is 4. The molecule has 0 spiro atoms. The maximum atomic E-state index is 13.9. The Morgan fingerprint density at radius 3 is 2.42 bits per heavy atom. The van der Waals surface area contributed by atoms with Crippen molar-refractivity contribution in [2.24, 2.45) is 5.92 Å². The van der Waals surface area contributed by atoms with Crippen molar-refractivity contribution in [3.63, 3.8) is 0 Å². The number of nitrogens with one attached hydrogen (secondary N) is 1. The minimum Gasteiger partial charge on any atom is -0.473 e. The van der Waals surface area contributed by atoms with Crippen LogP contribution in [0.1, 0.15) is 48.0 Å². The summed E-state index contributed by atoms with van der Waals surface area (Å²) in [6.45, 7) is 12.9. The molecule has 0 bridgehead atoms. The third kappa shape index (κ3) is 6.70. The Kier molecular flexibility index (Phi) is 8.52. The number of amides is 2. The number of halogens is 2. The Balaban J connectivity index is 1.81. The summed E-state index contributed by atoms with van der Waals surface area (Å²) in [7, 11) is 0. The molecule has 2 aromatic rings. The first-order chi connectivity index (χ1) is 16.9. The van der Waals surface area contributed by atoms with Crippen LogP contribution in [-0.4, -0.2) is 71.3 Å². The summed E-state index contributed by atoms with van der Waals surface area (Å²) in [5.41, 5.74) is -0.289. The lowest BCUT2D eigenvalue weighted by molar-refractivity contribution is -0.136. The number of benzene rings is 1. The lowest BCUT2D eigenvalue weighted by Gasteiger charge is -2.29. The molecule has 3 rings (SSSR count). The third-order valence-corrected chi connectivity index (χ3v) is 5.69. The van der Waals surface area contributed by atoms with Gasteiger partial charge in [0.05, 0.1) is 23.6 Å². The highest BCUT2D eigenvalue weighted by molar-refractivity contribution is 5.79. The molecule has 1 atom stereocenters. The molecule has 36 heavy (non-hydrogen) atoms. The number of ether oxygens (including phenoxy) is 2. The van der Waals surface area contributed by atoms with Gasteiger partial charge in [0.25, 0.3) is 5.88 Å². The zero-order valence-corrected chi connectivity index (χ0v) is 21.7. The van der Waals surface area contributed by atoms with E-state index in [2.05, 4.69) is 15.3 Å². The molecule has 0 saturated carbocycles. The quantitative estimate of drug-likeness (QED) is 0.542. The van der Waals surface area contributed by atoms with Crippen molar-refractivity contribution in [1.82, 2.24) is 20.2 Å². The molecular formula is C25H35F2N5O4. The minimum absolute atomic E-state index is 0.0194. The van der Waals surface area contributed by atoms with Crippen LogP contribution in [0.3, 0.4) is 0 Å². The van der Waals surface area contributed by atoms with Crippen LogP contribution in [0.15, 0.2) is 12.1 Å². The van der Waals surface area contributed by atoms with Gasteiger partial charge in [-0.1, -0.05) is 13.8 Å². The van der Waals surface area contributed by atoms with Crippen LogP contribution in [0, 0.1) is 17.6 Å². The molecule has 1 N–H and O–H groups in total. The fraction of sp³-hybridized carbons (Fsp3) is 0.600. The fourth-order valence-electron chi connectivity index (χ4n) is 4.06. The molecule has 11 heteroatoms. The van der Waals surface area contributed by atoms with Crippen LogP contribution in [0.4, 0.5) is 19.4 Å². The van der Waals surface area contributed by atoms with Crippen LogP contribution in [-0.2, 0) is 9.53 Å². The van der Waals surface area contributed by atoms with Gasteiger partial charge in [-0.05, 0) is 34.1 Å². The van der Waals surface area contributed by atoms with Gasteiger partial charge in [0.15, 0.2) is 17.5 Å². The number of fused-ring (bicyclic) bond motifs is 1. The molecular weight excluding hydrogens is 472 g/mol. The molecule has 2 heterocycles. The number of alkyl carbamates (subject to hydrolysis) is 1. The minimum atomic E-state index is -1.03. The molecule has 0 unspecified atom stereocenters. The Morgan fingerprint density at radius 2 is 1.83 bits per heavy atom. The molecule has 2 amide bonds. The zero-order valence-electron chi connectivity index (χ0n) is 21.7. The van der Waals surface area contributed by atoms with E-state index in [9.17, 15) is 18.4 Å². The van der Waals surface area contributed by atoms with Crippen LogP contribution < -0.4 is 15.0 Å². The summed E-state index contributed by atoms with van der Waals surface area (Å²) >= 11 is 0. The first-order valence-electron chi connectivity index (χ1n) is 12.2. The summed E-state index contributed by atoms with van der Waals surface area (Å²) < 4.78 is 38.8. The molecule has 1 aromatic heterocycles. The number of likely N-dealkylation sites (N-methyl/N-ethyl adjacent to an activating group) is 1. The highest BCUT2D eigenvalue weighted by Crippen LogP contribution is 2.31. The maximum absolute atomic E-state index is 13.9. The first kappa shape index (κ1) is 27.3. The maximum Gasteiger partial charge on any atom is 0.407 e. The number of carbonyl (C=O) groups is 2. The number of aromatic nitrogens is 2. The second kappa shape index (κ2) is 11.2. The van der Waals surface area contributed by atoms with E-state index in [4.69, 9.17) is 9.47 Å². The van der Waals surface area contributed by atoms with Crippen molar-refractivity contribution in [2.75, 3.05) is 37.7 Å². The lowest BCUT2D eigenvalue weighted by Crippen LogP contribution is -2.43. The summed E-state index contributed by atoms with van der Waals surface area (Å²) in [5, 5.41) is 2.60. The van der Waals surface area contributed by atoms with Crippen LogP contribution in [0.2, 0.25) is 0 Å². The number of rotatable bonds is 8. The number of hydrogen-bond acceptors (Lipinski definition) is 7. The van der Waals surface area contributed by atoms with Crippen molar-refractivity contribution in [1.29, 1.82) is 0 Å². The Bertz CT molecular complexity index is 1110. The van der Waals surface area contributed by atoms with Gasteiger partial charge in [-0.15, -0.1) is 0 Å². The second-order valence-electron chi connectivity index (χ2n) is 10.1. The fourth-order valence-corrected chi connectivity index (χ4v) is 4.06. The van der Waals surface area contributed by atoms with E-state index in [1.807, 2.05) is 30.6 Å². The molecule has 0 radical (unpaired) electrons. The SMILES string of the molecule is CCN(C(=O)C(C)C)[C@H]1CCN(c2nc3cc(F)c(F)cc3nc2OCCNC(=O)OC(C)(C)C)C1.